The van der Waals surface area contributed by atoms with Crippen LogP contribution < -0.4 is 4.90 Å². The van der Waals surface area contributed by atoms with Crippen molar-refractivity contribution < 1.29 is 4.79 Å². The van der Waals surface area contributed by atoms with E-state index in [0.29, 0.717) is 17.3 Å². The monoisotopic (exact) mass is 407 g/mol. The third kappa shape index (κ3) is 3.95. The number of nitrogens with zero attached hydrogens (tertiary/aromatic N) is 3. The summed E-state index contributed by atoms with van der Waals surface area (Å²) in [6.45, 7) is 5.55. The van der Waals surface area contributed by atoms with E-state index in [1.807, 2.05) is 61.2 Å². The second-order valence-corrected chi connectivity index (χ2v) is 8.02. The minimum atomic E-state index is -0.0241. The van der Waals surface area contributed by atoms with Gasteiger partial charge in [0.1, 0.15) is 5.82 Å². The van der Waals surface area contributed by atoms with Crippen LogP contribution in [-0.2, 0) is 13.0 Å². The summed E-state index contributed by atoms with van der Waals surface area (Å²) in [7, 11) is 0. The lowest BCUT2D eigenvalue weighted by Gasteiger charge is -2.21. The molecule has 1 aromatic heterocycles. The summed E-state index contributed by atoms with van der Waals surface area (Å²) in [5.41, 5.74) is 4.69. The van der Waals surface area contributed by atoms with Crippen LogP contribution in [0.2, 0.25) is 5.02 Å². The molecule has 3 aromatic rings. The minimum absolute atomic E-state index is 0.0241. The fourth-order valence-corrected chi connectivity index (χ4v) is 4.20. The van der Waals surface area contributed by atoms with Gasteiger partial charge in [-0.15, -0.1) is 0 Å². The first-order chi connectivity index (χ1) is 14.1. The summed E-state index contributed by atoms with van der Waals surface area (Å²) in [5.74, 6) is 0.839. The number of hydrogen-bond acceptors (Lipinski definition) is 2. The molecule has 2 aromatic carbocycles. The Balaban J connectivity index is 1.80. The summed E-state index contributed by atoms with van der Waals surface area (Å²) in [5, 5.41) is 0.698. The van der Waals surface area contributed by atoms with Gasteiger partial charge in [0.2, 0.25) is 0 Å². The number of aromatic nitrogens is 2. The third-order valence-electron chi connectivity index (χ3n) is 5.55. The average molecular weight is 408 g/mol. The second kappa shape index (κ2) is 8.42. The number of rotatable bonds is 4. The lowest BCUT2D eigenvalue weighted by atomic mass is 10.1. The first-order valence-corrected chi connectivity index (χ1v) is 10.7. The molecule has 0 radical (unpaired) electrons. The highest BCUT2D eigenvalue weighted by molar-refractivity contribution is 6.30. The van der Waals surface area contributed by atoms with Crippen LogP contribution in [0.3, 0.4) is 0 Å². The Labute approximate surface area is 177 Å². The van der Waals surface area contributed by atoms with Crippen LogP contribution in [0, 0.1) is 6.92 Å². The molecule has 5 heteroatoms. The van der Waals surface area contributed by atoms with Crippen molar-refractivity contribution in [2.45, 2.75) is 46.1 Å². The molecule has 0 saturated carbocycles. The molecule has 0 fully saturated rings. The maximum atomic E-state index is 13.6. The smallest absolute Gasteiger partial charge is 0.278 e. The van der Waals surface area contributed by atoms with Gasteiger partial charge in [-0.2, -0.15) is 0 Å². The van der Waals surface area contributed by atoms with Crippen molar-refractivity contribution in [3.05, 3.63) is 70.5 Å². The molecule has 0 unspecified atom stereocenters. The maximum absolute atomic E-state index is 13.6. The molecule has 4 nitrogen and oxygen atoms in total. The van der Waals surface area contributed by atoms with E-state index in [9.17, 15) is 4.79 Å². The number of anilines is 1. The summed E-state index contributed by atoms with van der Waals surface area (Å²) in [6.07, 6.45) is 4.24. The highest BCUT2D eigenvalue weighted by Gasteiger charge is 2.27. The van der Waals surface area contributed by atoms with Crippen molar-refractivity contribution >= 4 is 23.2 Å². The van der Waals surface area contributed by atoms with E-state index in [1.165, 1.54) is 6.42 Å². The van der Waals surface area contributed by atoms with Crippen molar-refractivity contribution in [1.29, 1.82) is 0 Å². The first-order valence-electron chi connectivity index (χ1n) is 10.3. The van der Waals surface area contributed by atoms with Crippen LogP contribution in [-0.4, -0.2) is 22.0 Å². The van der Waals surface area contributed by atoms with Crippen molar-refractivity contribution in [1.82, 2.24) is 9.55 Å². The van der Waals surface area contributed by atoms with Gasteiger partial charge in [0.25, 0.3) is 5.91 Å². The van der Waals surface area contributed by atoms with Gasteiger partial charge in [-0.05, 0) is 75.1 Å². The molecule has 0 atom stereocenters. The molecule has 0 N–H and O–H groups in total. The Hall–Kier alpha value is -2.59. The van der Waals surface area contributed by atoms with Crippen LogP contribution in [0.4, 0.5) is 5.69 Å². The van der Waals surface area contributed by atoms with E-state index in [2.05, 4.69) is 10.6 Å². The largest absolute Gasteiger partial charge is 0.327 e. The number of fused-ring (bicyclic) bond motifs is 1. The van der Waals surface area contributed by atoms with Crippen molar-refractivity contribution in [3.8, 4) is 11.4 Å². The van der Waals surface area contributed by atoms with Gasteiger partial charge < -0.3 is 9.47 Å². The predicted octanol–water partition coefficient (Wildman–Crippen LogP) is 5.91. The van der Waals surface area contributed by atoms with Gasteiger partial charge in [-0.3, -0.25) is 4.79 Å². The Morgan fingerprint density at radius 2 is 1.93 bits per heavy atom. The van der Waals surface area contributed by atoms with Gasteiger partial charge in [0, 0.05) is 29.4 Å². The number of amides is 1. The molecular weight excluding hydrogens is 382 g/mol. The molecule has 1 aliphatic heterocycles. The summed E-state index contributed by atoms with van der Waals surface area (Å²) in [4.78, 5) is 20.3. The lowest BCUT2D eigenvalue weighted by molar-refractivity contribution is 0.0983. The van der Waals surface area contributed by atoms with E-state index in [4.69, 9.17) is 16.6 Å². The molecule has 0 bridgehead atoms. The summed E-state index contributed by atoms with van der Waals surface area (Å²) in [6, 6.07) is 15.8. The van der Waals surface area contributed by atoms with E-state index in [1.54, 1.807) is 0 Å². The van der Waals surface area contributed by atoms with Crippen LogP contribution in [0.15, 0.2) is 48.5 Å². The predicted molar refractivity (Wildman–Crippen MR) is 119 cm³/mol. The van der Waals surface area contributed by atoms with Crippen molar-refractivity contribution in [2.24, 2.45) is 0 Å². The molecule has 1 aliphatic rings. The molecule has 29 heavy (non-hydrogen) atoms. The average Bonchev–Trinajstić information content (AvgIpc) is 2.90. The Morgan fingerprint density at radius 1 is 1.14 bits per heavy atom. The summed E-state index contributed by atoms with van der Waals surface area (Å²) < 4.78 is 2.24. The van der Waals surface area contributed by atoms with Gasteiger partial charge >= 0.3 is 0 Å². The summed E-state index contributed by atoms with van der Waals surface area (Å²) >= 11 is 6.08. The molecule has 150 valence electrons. The van der Waals surface area contributed by atoms with Gasteiger partial charge in [-0.25, -0.2) is 4.98 Å². The van der Waals surface area contributed by atoms with E-state index in [-0.39, 0.29) is 5.91 Å². The maximum Gasteiger partial charge on any atom is 0.278 e. The SMILES string of the molecule is CCN(C(=O)c1nc(-c2ccc(Cl)cc2)n2c1CCCCC2)c1cccc(C)c1. The Bertz CT molecular complexity index is 1020. The lowest BCUT2D eigenvalue weighted by Crippen LogP contribution is -2.31. The molecular formula is C24H26ClN3O. The van der Waals surface area contributed by atoms with E-state index in [0.717, 1.165) is 54.1 Å². The molecule has 2 heterocycles. The standard InChI is InChI=1S/C24H26ClN3O/c1-3-27(20-9-7-8-17(2)16-20)24(29)22-21-10-5-4-6-15-28(21)23(26-22)18-11-13-19(25)14-12-18/h7-9,11-14,16H,3-6,10,15H2,1-2H3. The third-order valence-corrected chi connectivity index (χ3v) is 5.80. The number of carbonyl (C=O) groups is 1. The van der Waals surface area contributed by atoms with Crippen LogP contribution >= 0.6 is 11.6 Å². The zero-order chi connectivity index (χ0) is 20.4. The number of carbonyl (C=O) groups excluding carboxylic acids is 1. The number of hydrogen-bond donors (Lipinski definition) is 0. The molecule has 0 saturated heterocycles. The number of benzene rings is 2. The van der Waals surface area contributed by atoms with Crippen molar-refractivity contribution in [2.75, 3.05) is 11.4 Å². The topological polar surface area (TPSA) is 38.1 Å². The molecule has 0 spiro atoms. The Morgan fingerprint density at radius 3 is 2.66 bits per heavy atom. The van der Waals surface area contributed by atoms with Crippen LogP contribution in [0.1, 0.15) is 47.9 Å². The highest BCUT2D eigenvalue weighted by atomic mass is 35.5. The molecule has 1 amide bonds. The van der Waals surface area contributed by atoms with E-state index >= 15 is 0 Å². The number of aryl methyl sites for hydroxylation is 1. The van der Waals surface area contributed by atoms with Gasteiger partial charge in [0.15, 0.2) is 5.69 Å². The fourth-order valence-electron chi connectivity index (χ4n) is 4.08. The molecule has 0 aliphatic carbocycles. The Kier molecular flexibility index (Phi) is 5.72. The van der Waals surface area contributed by atoms with Gasteiger partial charge in [-0.1, -0.05) is 30.2 Å². The number of halogens is 1. The van der Waals surface area contributed by atoms with E-state index < -0.39 is 0 Å². The fraction of sp³-hybridized carbons (Fsp3) is 0.333. The molecule has 4 rings (SSSR count). The van der Waals surface area contributed by atoms with Crippen LogP contribution in [0.25, 0.3) is 11.4 Å². The normalized spacial score (nSPS) is 13.6. The highest BCUT2D eigenvalue weighted by Crippen LogP contribution is 2.29. The van der Waals surface area contributed by atoms with Crippen molar-refractivity contribution in [3.63, 3.8) is 0 Å². The number of imidazole rings is 1. The zero-order valence-corrected chi connectivity index (χ0v) is 17.7. The minimum Gasteiger partial charge on any atom is -0.327 e. The quantitative estimate of drug-likeness (QED) is 0.539. The second-order valence-electron chi connectivity index (χ2n) is 7.59. The van der Waals surface area contributed by atoms with Crippen LogP contribution in [0.5, 0.6) is 0 Å². The van der Waals surface area contributed by atoms with Gasteiger partial charge in [0.05, 0.1) is 5.69 Å². The first kappa shape index (κ1) is 19.7. The zero-order valence-electron chi connectivity index (χ0n) is 17.0.